The molecule has 0 saturated carbocycles. The molecule has 0 N–H and O–H groups in total. The Kier molecular flexibility index (Phi) is 3.24. The second-order valence-electron chi connectivity index (χ2n) is 2.59. The summed E-state index contributed by atoms with van der Waals surface area (Å²) in [6, 6.07) is 10.4. The summed E-state index contributed by atoms with van der Waals surface area (Å²) in [5.74, 6) is 0. The van der Waals surface area contributed by atoms with Crippen LogP contribution in [0.1, 0.15) is 5.56 Å². The highest BCUT2D eigenvalue weighted by Crippen LogP contribution is 2.02. The van der Waals surface area contributed by atoms with Gasteiger partial charge in [0, 0.05) is 10.9 Å². The molecule has 0 heterocycles. The van der Waals surface area contributed by atoms with Crippen molar-refractivity contribution in [3.05, 3.63) is 41.3 Å². The molecule has 58 valence electrons. The van der Waals surface area contributed by atoms with Crippen LogP contribution in [0.5, 0.6) is 0 Å². The smallest absolute Gasteiger partial charge is 0.0622 e. The van der Waals surface area contributed by atoms with E-state index in [2.05, 4.69) is 48.3 Å². The molecule has 0 aromatic heterocycles. The lowest BCUT2D eigenvalue weighted by molar-refractivity contribution is 1.66. The van der Waals surface area contributed by atoms with E-state index in [0.29, 0.717) is 10.9 Å². The third-order valence-electron chi connectivity index (χ3n) is 1.33. The van der Waals surface area contributed by atoms with Crippen molar-refractivity contribution in [2.24, 2.45) is 0 Å². The predicted octanol–water partition coefficient (Wildman–Crippen LogP) is 2.54. The minimum Gasteiger partial charge on any atom is -0.0622 e. The largest absolute Gasteiger partial charge is 0.119 e. The van der Waals surface area contributed by atoms with Crippen LogP contribution in [0.15, 0.2) is 35.7 Å². The fourth-order valence-corrected chi connectivity index (χ4v) is 1.21. The van der Waals surface area contributed by atoms with Crippen LogP contribution >= 0.6 is 0 Å². The van der Waals surface area contributed by atoms with Gasteiger partial charge in [-0.3, -0.25) is 0 Å². The molecule has 0 amide bonds. The van der Waals surface area contributed by atoms with Crippen molar-refractivity contribution >= 4 is 17.0 Å². The maximum atomic E-state index is 2.23. The van der Waals surface area contributed by atoms with Gasteiger partial charge in [0.1, 0.15) is 17.9 Å². The molecule has 0 bridgehead atoms. The number of rotatable bonds is 2. The molecule has 0 saturated heterocycles. The molecule has 1 aromatic rings. The van der Waals surface area contributed by atoms with Crippen molar-refractivity contribution in [1.29, 1.82) is 0 Å². The fraction of sp³-hybridized carbons (Fsp3) is 0.200. The molecule has 0 aliphatic heterocycles. The van der Waals surface area contributed by atoms with Crippen LogP contribution in [0.3, 0.4) is 0 Å². The maximum Gasteiger partial charge on any atom is 0.119 e. The standard InChI is InChI=1S/C10H13S/c1-11(2)9-8-10-6-4-3-5-7-10/h3-9H,1-2H3/q+1/b9-8+. The average molecular weight is 165 g/mol. The van der Waals surface area contributed by atoms with E-state index < -0.39 is 0 Å². The quantitative estimate of drug-likeness (QED) is 0.591. The highest BCUT2D eigenvalue weighted by molar-refractivity contribution is 7.98. The van der Waals surface area contributed by atoms with E-state index in [1.54, 1.807) is 0 Å². The topological polar surface area (TPSA) is 0 Å². The first kappa shape index (κ1) is 8.41. The second kappa shape index (κ2) is 4.24. The lowest BCUT2D eigenvalue weighted by Gasteiger charge is -1.88. The van der Waals surface area contributed by atoms with E-state index in [-0.39, 0.29) is 0 Å². The van der Waals surface area contributed by atoms with Crippen LogP contribution in [0.2, 0.25) is 0 Å². The first-order chi connectivity index (χ1) is 5.29. The normalized spacial score (nSPS) is 11.2. The van der Waals surface area contributed by atoms with Gasteiger partial charge >= 0.3 is 0 Å². The summed E-state index contributed by atoms with van der Waals surface area (Å²) in [5, 5.41) is 2.23. The maximum absolute atomic E-state index is 2.23. The Labute approximate surface area is 71.3 Å². The van der Waals surface area contributed by atoms with E-state index in [9.17, 15) is 0 Å². The van der Waals surface area contributed by atoms with Gasteiger partial charge in [-0.15, -0.1) is 0 Å². The number of benzene rings is 1. The SMILES string of the molecule is C[S+](C)/C=C/c1ccccc1. The zero-order chi connectivity index (χ0) is 8.10. The molecule has 0 nitrogen and oxygen atoms in total. The molecular formula is C10H13S+. The zero-order valence-electron chi connectivity index (χ0n) is 6.95. The molecule has 0 spiro atoms. The van der Waals surface area contributed by atoms with Crippen molar-refractivity contribution in [3.8, 4) is 0 Å². The lowest BCUT2D eigenvalue weighted by atomic mass is 10.2. The van der Waals surface area contributed by atoms with Gasteiger partial charge in [0.05, 0.1) is 0 Å². The number of hydrogen-bond acceptors (Lipinski definition) is 0. The van der Waals surface area contributed by atoms with Gasteiger partial charge in [0.15, 0.2) is 0 Å². The van der Waals surface area contributed by atoms with Crippen LogP contribution < -0.4 is 0 Å². The first-order valence-electron chi connectivity index (χ1n) is 3.58. The second-order valence-corrected chi connectivity index (χ2v) is 4.62. The summed E-state index contributed by atoms with van der Waals surface area (Å²) in [5.41, 5.74) is 1.29. The van der Waals surface area contributed by atoms with Crippen LogP contribution in [-0.2, 0) is 10.9 Å². The molecule has 11 heavy (non-hydrogen) atoms. The molecule has 0 unspecified atom stereocenters. The third-order valence-corrected chi connectivity index (χ3v) is 2.01. The Morgan fingerprint density at radius 3 is 2.27 bits per heavy atom. The minimum absolute atomic E-state index is 0.403. The predicted molar refractivity (Wildman–Crippen MR) is 54.7 cm³/mol. The summed E-state index contributed by atoms with van der Waals surface area (Å²) in [6.07, 6.45) is 6.59. The Hall–Kier alpha value is -0.690. The third kappa shape index (κ3) is 3.28. The molecule has 1 rings (SSSR count). The number of hydrogen-bond donors (Lipinski definition) is 0. The fourth-order valence-electron chi connectivity index (χ4n) is 0.779. The Balaban J connectivity index is 2.65. The zero-order valence-corrected chi connectivity index (χ0v) is 7.77. The lowest BCUT2D eigenvalue weighted by Crippen LogP contribution is -1.85. The molecule has 0 aliphatic rings. The van der Waals surface area contributed by atoms with Gasteiger partial charge in [-0.1, -0.05) is 30.3 Å². The van der Waals surface area contributed by atoms with Crippen LogP contribution in [0.25, 0.3) is 6.08 Å². The molecule has 0 aliphatic carbocycles. The summed E-state index contributed by atoms with van der Waals surface area (Å²) in [6.45, 7) is 0. The summed E-state index contributed by atoms with van der Waals surface area (Å²) in [7, 11) is 0.403. The molecule has 0 atom stereocenters. The first-order valence-corrected chi connectivity index (χ1v) is 5.69. The monoisotopic (exact) mass is 165 g/mol. The van der Waals surface area contributed by atoms with Crippen LogP contribution in [-0.4, -0.2) is 12.5 Å². The van der Waals surface area contributed by atoms with Gasteiger partial charge in [0.2, 0.25) is 0 Å². The Bertz CT molecular complexity index is 224. The van der Waals surface area contributed by atoms with E-state index >= 15 is 0 Å². The van der Waals surface area contributed by atoms with Crippen molar-refractivity contribution < 1.29 is 0 Å². The van der Waals surface area contributed by atoms with Crippen LogP contribution in [0.4, 0.5) is 0 Å². The Morgan fingerprint density at radius 2 is 1.73 bits per heavy atom. The Morgan fingerprint density at radius 1 is 1.09 bits per heavy atom. The van der Waals surface area contributed by atoms with Gasteiger partial charge in [-0.05, 0) is 11.6 Å². The summed E-state index contributed by atoms with van der Waals surface area (Å²) >= 11 is 0. The van der Waals surface area contributed by atoms with Crippen molar-refractivity contribution in [2.45, 2.75) is 0 Å². The van der Waals surface area contributed by atoms with E-state index in [0.717, 1.165) is 0 Å². The highest BCUT2D eigenvalue weighted by Gasteiger charge is 1.92. The minimum atomic E-state index is 0.403. The molecule has 0 radical (unpaired) electrons. The van der Waals surface area contributed by atoms with Crippen molar-refractivity contribution in [2.75, 3.05) is 12.5 Å². The van der Waals surface area contributed by atoms with Crippen molar-refractivity contribution in [3.63, 3.8) is 0 Å². The average Bonchev–Trinajstić information content (AvgIpc) is 2.03. The summed E-state index contributed by atoms with van der Waals surface area (Å²) < 4.78 is 0. The van der Waals surface area contributed by atoms with Gasteiger partial charge < -0.3 is 0 Å². The van der Waals surface area contributed by atoms with Gasteiger partial charge in [-0.25, -0.2) is 0 Å². The van der Waals surface area contributed by atoms with E-state index in [1.807, 2.05) is 6.07 Å². The van der Waals surface area contributed by atoms with E-state index in [1.165, 1.54) is 5.56 Å². The molecule has 1 heteroatoms. The van der Waals surface area contributed by atoms with E-state index in [4.69, 9.17) is 0 Å². The molecule has 1 aromatic carbocycles. The van der Waals surface area contributed by atoms with Gasteiger partial charge in [-0.2, -0.15) is 0 Å². The molecule has 0 fully saturated rings. The van der Waals surface area contributed by atoms with Crippen molar-refractivity contribution in [1.82, 2.24) is 0 Å². The van der Waals surface area contributed by atoms with Gasteiger partial charge in [0.25, 0.3) is 0 Å². The highest BCUT2D eigenvalue weighted by atomic mass is 32.2. The summed E-state index contributed by atoms with van der Waals surface area (Å²) in [4.78, 5) is 0. The van der Waals surface area contributed by atoms with Crippen LogP contribution in [0, 0.1) is 0 Å². The molecular weight excluding hydrogens is 152 g/mol.